The van der Waals surface area contributed by atoms with Gasteiger partial charge in [-0.3, -0.25) is 4.79 Å². The van der Waals surface area contributed by atoms with Crippen molar-refractivity contribution in [3.05, 3.63) is 54.1 Å². The van der Waals surface area contributed by atoms with Crippen molar-refractivity contribution >= 4 is 11.9 Å². The molecule has 0 N–H and O–H groups in total. The van der Waals surface area contributed by atoms with Crippen molar-refractivity contribution in [3.63, 3.8) is 0 Å². The van der Waals surface area contributed by atoms with Crippen LogP contribution in [-0.2, 0) is 4.79 Å². The molecule has 0 aliphatic carbocycles. The molecular weight excluding hydrogens is 332 g/mol. The average molecular weight is 356 g/mol. The Hall–Kier alpha value is -2.82. The Morgan fingerprint density at radius 1 is 0.769 bits per heavy atom. The molecule has 0 saturated carbocycles. The van der Waals surface area contributed by atoms with Crippen molar-refractivity contribution in [3.8, 4) is 17.2 Å². The SMILES string of the molecule is CCCCCCC(=O)Oc1ccc(C(=O)Oc2ccc(OC)cc2)cc1. The highest BCUT2D eigenvalue weighted by molar-refractivity contribution is 5.91. The summed E-state index contributed by atoms with van der Waals surface area (Å²) < 4.78 is 15.6. The number of carbonyl (C=O) groups is 2. The van der Waals surface area contributed by atoms with E-state index in [0.717, 1.165) is 25.7 Å². The van der Waals surface area contributed by atoms with Gasteiger partial charge in [0.05, 0.1) is 12.7 Å². The topological polar surface area (TPSA) is 61.8 Å². The highest BCUT2D eigenvalue weighted by Crippen LogP contribution is 2.19. The van der Waals surface area contributed by atoms with Crippen LogP contribution in [0.1, 0.15) is 49.4 Å². The van der Waals surface area contributed by atoms with E-state index in [4.69, 9.17) is 14.2 Å². The molecule has 2 aromatic carbocycles. The van der Waals surface area contributed by atoms with Crippen LogP contribution in [0.5, 0.6) is 17.2 Å². The van der Waals surface area contributed by atoms with Crippen molar-refractivity contribution in [1.82, 2.24) is 0 Å². The van der Waals surface area contributed by atoms with Crippen LogP contribution in [0.3, 0.4) is 0 Å². The highest BCUT2D eigenvalue weighted by Gasteiger charge is 2.10. The Bertz CT molecular complexity index is 704. The van der Waals surface area contributed by atoms with E-state index in [1.54, 1.807) is 55.6 Å². The molecule has 0 spiro atoms. The summed E-state index contributed by atoms with van der Waals surface area (Å²) in [5.74, 6) is 0.804. The molecule has 0 saturated heterocycles. The second-order valence-electron chi connectivity index (χ2n) is 5.87. The molecule has 0 aliphatic heterocycles. The summed E-state index contributed by atoms with van der Waals surface area (Å²) in [7, 11) is 1.57. The van der Waals surface area contributed by atoms with Crippen LogP contribution in [-0.4, -0.2) is 19.0 Å². The lowest BCUT2D eigenvalue weighted by Gasteiger charge is -2.07. The van der Waals surface area contributed by atoms with Gasteiger partial charge in [0.15, 0.2) is 0 Å². The first kappa shape index (κ1) is 19.5. The van der Waals surface area contributed by atoms with Crippen molar-refractivity contribution in [1.29, 1.82) is 0 Å². The molecule has 0 fully saturated rings. The Morgan fingerprint density at radius 2 is 1.35 bits per heavy atom. The van der Waals surface area contributed by atoms with E-state index in [-0.39, 0.29) is 5.97 Å². The first-order valence-electron chi connectivity index (χ1n) is 8.79. The van der Waals surface area contributed by atoms with E-state index in [2.05, 4.69) is 6.92 Å². The number of benzene rings is 2. The van der Waals surface area contributed by atoms with Crippen LogP contribution < -0.4 is 14.2 Å². The molecule has 26 heavy (non-hydrogen) atoms. The average Bonchev–Trinajstić information content (AvgIpc) is 2.66. The maximum atomic E-state index is 12.1. The second kappa shape index (κ2) is 10.2. The van der Waals surface area contributed by atoms with Crippen LogP contribution in [0.15, 0.2) is 48.5 Å². The minimum Gasteiger partial charge on any atom is -0.497 e. The number of esters is 2. The molecule has 0 unspecified atom stereocenters. The Balaban J connectivity index is 1.85. The summed E-state index contributed by atoms with van der Waals surface area (Å²) in [5, 5.41) is 0. The van der Waals surface area contributed by atoms with E-state index >= 15 is 0 Å². The number of hydrogen-bond acceptors (Lipinski definition) is 5. The summed E-state index contributed by atoms with van der Waals surface area (Å²) in [6, 6.07) is 13.1. The van der Waals surface area contributed by atoms with E-state index in [1.807, 2.05) is 0 Å². The van der Waals surface area contributed by atoms with Gasteiger partial charge >= 0.3 is 11.9 Å². The van der Waals surface area contributed by atoms with Gasteiger partial charge in [-0.1, -0.05) is 26.2 Å². The molecular formula is C21H24O5. The zero-order valence-electron chi connectivity index (χ0n) is 15.2. The Kier molecular flexibility index (Phi) is 7.68. The first-order chi connectivity index (χ1) is 12.6. The maximum Gasteiger partial charge on any atom is 0.343 e. The van der Waals surface area contributed by atoms with Crippen molar-refractivity contribution < 1.29 is 23.8 Å². The van der Waals surface area contributed by atoms with Crippen LogP contribution in [0.2, 0.25) is 0 Å². The van der Waals surface area contributed by atoms with Crippen molar-refractivity contribution in [2.75, 3.05) is 7.11 Å². The standard InChI is InChI=1S/C21H24O5/c1-3-4-5-6-7-20(22)25-18-10-8-16(9-11-18)21(23)26-19-14-12-17(24-2)13-15-19/h8-15H,3-7H2,1-2H3. The number of ether oxygens (including phenoxy) is 3. The number of hydrogen-bond donors (Lipinski definition) is 0. The Morgan fingerprint density at radius 3 is 1.96 bits per heavy atom. The van der Waals surface area contributed by atoms with E-state index in [9.17, 15) is 9.59 Å². The number of unbranched alkanes of at least 4 members (excludes halogenated alkanes) is 3. The molecule has 0 bridgehead atoms. The minimum atomic E-state index is -0.479. The predicted octanol–water partition coefficient (Wildman–Crippen LogP) is 4.79. The van der Waals surface area contributed by atoms with Gasteiger partial charge in [-0.25, -0.2) is 4.79 Å². The maximum absolute atomic E-state index is 12.1. The Labute approximate surface area is 153 Å². The number of carbonyl (C=O) groups excluding carboxylic acids is 2. The second-order valence-corrected chi connectivity index (χ2v) is 5.87. The third kappa shape index (κ3) is 6.24. The monoisotopic (exact) mass is 356 g/mol. The van der Waals surface area contributed by atoms with Gasteiger partial charge in [0.1, 0.15) is 17.2 Å². The number of methoxy groups -OCH3 is 1. The van der Waals surface area contributed by atoms with E-state index < -0.39 is 5.97 Å². The van der Waals surface area contributed by atoms with Crippen LogP contribution in [0, 0.1) is 0 Å². The molecule has 2 aromatic rings. The normalized spacial score (nSPS) is 10.2. The summed E-state index contributed by atoms with van der Waals surface area (Å²) in [6.07, 6.45) is 4.52. The molecule has 2 rings (SSSR count). The van der Waals surface area contributed by atoms with Gasteiger partial charge < -0.3 is 14.2 Å². The largest absolute Gasteiger partial charge is 0.497 e. The van der Waals surface area contributed by atoms with Crippen molar-refractivity contribution in [2.45, 2.75) is 39.0 Å². The van der Waals surface area contributed by atoms with E-state index in [0.29, 0.717) is 29.2 Å². The zero-order chi connectivity index (χ0) is 18.8. The third-order valence-electron chi connectivity index (χ3n) is 3.83. The van der Waals surface area contributed by atoms with Crippen LogP contribution in [0.4, 0.5) is 0 Å². The lowest BCUT2D eigenvalue weighted by Crippen LogP contribution is -2.10. The van der Waals surface area contributed by atoms with Gasteiger partial charge in [0.25, 0.3) is 0 Å². The lowest BCUT2D eigenvalue weighted by molar-refractivity contribution is -0.134. The minimum absolute atomic E-state index is 0.255. The fourth-order valence-electron chi connectivity index (χ4n) is 2.35. The zero-order valence-corrected chi connectivity index (χ0v) is 15.2. The molecule has 5 nitrogen and oxygen atoms in total. The first-order valence-corrected chi connectivity index (χ1v) is 8.79. The van der Waals surface area contributed by atoms with Gasteiger partial charge in [0, 0.05) is 6.42 Å². The fourth-order valence-corrected chi connectivity index (χ4v) is 2.35. The van der Waals surface area contributed by atoms with Crippen molar-refractivity contribution in [2.24, 2.45) is 0 Å². The smallest absolute Gasteiger partial charge is 0.343 e. The summed E-state index contributed by atoms with van der Waals surface area (Å²) in [6.45, 7) is 2.12. The molecule has 0 amide bonds. The molecule has 0 heterocycles. The molecule has 0 radical (unpaired) electrons. The van der Waals surface area contributed by atoms with E-state index in [1.165, 1.54) is 0 Å². The van der Waals surface area contributed by atoms with Gasteiger partial charge in [-0.15, -0.1) is 0 Å². The van der Waals surface area contributed by atoms with Gasteiger partial charge in [-0.2, -0.15) is 0 Å². The number of rotatable bonds is 9. The lowest BCUT2D eigenvalue weighted by atomic mass is 10.1. The molecule has 5 heteroatoms. The molecule has 138 valence electrons. The summed E-state index contributed by atoms with van der Waals surface area (Å²) in [5.41, 5.74) is 0.378. The summed E-state index contributed by atoms with van der Waals surface area (Å²) in [4.78, 5) is 23.9. The molecule has 0 aliphatic rings. The summed E-state index contributed by atoms with van der Waals surface area (Å²) >= 11 is 0. The van der Waals surface area contributed by atoms with Crippen LogP contribution in [0.25, 0.3) is 0 Å². The van der Waals surface area contributed by atoms with Gasteiger partial charge in [0.2, 0.25) is 0 Å². The molecule has 0 atom stereocenters. The van der Waals surface area contributed by atoms with Crippen LogP contribution >= 0.6 is 0 Å². The third-order valence-corrected chi connectivity index (χ3v) is 3.83. The predicted molar refractivity (Wildman–Crippen MR) is 98.8 cm³/mol. The fraction of sp³-hybridized carbons (Fsp3) is 0.333. The molecule has 0 aromatic heterocycles. The van der Waals surface area contributed by atoms with Gasteiger partial charge in [-0.05, 0) is 55.0 Å². The quantitative estimate of drug-likeness (QED) is 0.367. The highest BCUT2D eigenvalue weighted by atomic mass is 16.5.